The minimum absolute atomic E-state index is 0.0644. The molecule has 0 aliphatic carbocycles. The zero-order chi connectivity index (χ0) is 92.6. The summed E-state index contributed by atoms with van der Waals surface area (Å²) >= 11 is 20.2. The first kappa shape index (κ1) is 95.4. The number of aliphatic hydroxyl groups is 6. The number of nitrogens with two attached hydrogens (primary N) is 1. The third-order valence-electron chi connectivity index (χ3n) is 21.7. The van der Waals surface area contributed by atoms with Crippen LogP contribution in [0.4, 0.5) is 10.2 Å². The number of likely N-dealkylation sites (N-methyl/N-ethyl adjacent to an activating group) is 1. The molecule has 0 spiro atoms. The molecule has 7 aliphatic heterocycles. The van der Waals surface area contributed by atoms with Gasteiger partial charge in [-0.2, -0.15) is 4.98 Å². The second kappa shape index (κ2) is 41.1. The Balaban J connectivity index is 0.992. The number of benzene rings is 6. The van der Waals surface area contributed by atoms with Gasteiger partial charge in [0.2, 0.25) is 59.3 Å². The third kappa shape index (κ3) is 22.0. The topological polar surface area (TPSA) is 591 Å². The number of phenols is 3. The number of hydroxylamine groups is 1. The number of phenolic OH excluding ortho intramolecular Hbond substituents is 3. The van der Waals surface area contributed by atoms with Gasteiger partial charge in [-0.05, 0) is 145 Å². The summed E-state index contributed by atoms with van der Waals surface area (Å²) in [5, 5.41) is 129. The number of carbonyl (C=O) groups is 9. The van der Waals surface area contributed by atoms with E-state index in [2.05, 4.69) is 58.3 Å². The van der Waals surface area contributed by atoms with E-state index >= 15 is 24.0 Å². The quantitative estimate of drug-likeness (QED) is 0.0234. The number of rotatable bonds is 24. The molecule has 128 heavy (non-hydrogen) atoms. The maximum atomic E-state index is 16.4. The second-order valence-electron chi connectivity index (χ2n) is 31.3. The maximum Gasteiger partial charge on any atom is 0.349 e. The molecular weight excluding hydrogens is 1750 g/mol. The van der Waals surface area contributed by atoms with Gasteiger partial charge in [0.1, 0.15) is 107 Å². The fourth-order valence-electron chi connectivity index (χ4n) is 15.0. The largest absolute Gasteiger partial charge is 0.508 e. The van der Waals surface area contributed by atoms with Crippen LogP contribution in [0.1, 0.15) is 111 Å². The summed E-state index contributed by atoms with van der Waals surface area (Å²) in [6, 6.07) is 4.50. The summed E-state index contributed by atoms with van der Waals surface area (Å²) in [7, 11) is 2.79. The molecule has 7 aromatic rings. The summed E-state index contributed by atoms with van der Waals surface area (Å²) in [6.07, 6.45) is -15.9. The van der Waals surface area contributed by atoms with Gasteiger partial charge in [-0.3, -0.25) is 52.6 Å². The number of carbonyl (C=O) groups excluding carboxylic acids is 9. The number of aromatic hydroxyl groups is 3. The first-order chi connectivity index (χ1) is 60.8. The lowest BCUT2D eigenvalue weighted by Crippen LogP contribution is -2.65. The molecule has 44 heteroatoms. The first-order valence-electron chi connectivity index (χ1n) is 40.0. The minimum Gasteiger partial charge on any atom is -0.508 e. The van der Waals surface area contributed by atoms with Crippen LogP contribution in [0.15, 0.2) is 120 Å². The summed E-state index contributed by atoms with van der Waals surface area (Å²) in [5.41, 5.74) is 3.36. The molecule has 2 fully saturated rings. The third-order valence-corrected chi connectivity index (χ3v) is 22.6. The van der Waals surface area contributed by atoms with Crippen molar-refractivity contribution in [3.63, 3.8) is 0 Å². The molecule has 9 amide bonds. The molecule has 6 aromatic carbocycles. The van der Waals surface area contributed by atoms with Crippen LogP contribution in [0.5, 0.6) is 46.0 Å². The molecule has 1 aromatic heterocycles. The molecule has 21 N–H and O–H groups in total. The standard InChI is InChI=1S/C84H93Cl3FN13O27/c1-35(2)23-49(90-5)75(113)98-66-68(108)39-10-14-53(46(86)26-39)124-55-28-41-29-56(72(55)128-82-73(71(111)70(110)57(34-102)126-82)127-61-33-84(4,74(112)36(3)123-61)91-18-20-101-19-17-59(94-83(101)120)93-60(107)16-8-37-7-12-48(88)45(85)24-37)125-54-15-11-40(27-47(54)87)69(109)67-80(118)97-65(81(119)100-122-22-21-121-6)44-30-42(103)31-52(105)62(44)43-25-38(9-13-51(43)104)63(77(115)99-67)96-78(116)64(41)95-76(114)50(32-58(89)106)92-79(66)117/h7-17,19,24-31,35-36,49-50,57,61,63-71,73-74,82,90-91,102-105,108-112H,18,20-23,32-34H2,1-6H3,(H2,89,106)(H,92,117)(H,95,114)(H,96,116)(H,97,118)(H,98,113)(H,99,115)(H,100,119)(H,93,94,107,120)/b16-8+. The molecule has 684 valence electrons. The van der Waals surface area contributed by atoms with Crippen LogP contribution in [-0.2, 0) is 73.5 Å². The van der Waals surface area contributed by atoms with Crippen molar-refractivity contribution >= 4 is 99.9 Å². The van der Waals surface area contributed by atoms with Gasteiger partial charge in [0.05, 0.1) is 59.6 Å². The number of nitrogens with one attached hydrogen (secondary N) is 10. The monoisotopic (exact) mass is 1840 g/mol. The Hall–Kier alpha value is -11.8. The van der Waals surface area contributed by atoms with Gasteiger partial charge >= 0.3 is 5.69 Å². The van der Waals surface area contributed by atoms with Gasteiger partial charge in [-0.25, -0.2) is 14.7 Å². The molecule has 40 nitrogen and oxygen atoms in total. The van der Waals surface area contributed by atoms with Crippen LogP contribution in [0.2, 0.25) is 15.1 Å². The van der Waals surface area contributed by atoms with E-state index < -0.39 is 259 Å². The summed E-state index contributed by atoms with van der Waals surface area (Å²) in [6.45, 7) is 5.13. The van der Waals surface area contributed by atoms with Crippen molar-refractivity contribution in [2.24, 2.45) is 11.7 Å². The number of halogens is 4. The molecule has 7 aliphatic rings. The van der Waals surface area contributed by atoms with Crippen LogP contribution < -0.4 is 79.0 Å². The Morgan fingerprint density at radius 1 is 0.734 bits per heavy atom. The number of aliphatic hydroxyl groups excluding tert-OH is 6. The molecule has 11 bridgehead atoms. The second-order valence-corrected chi connectivity index (χ2v) is 32.5. The van der Waals surface area contributed by atoms with E-state index in [0.717, 1.165) is 78.9 Å². The summed E-state index contributed by atoms with van der Waals surface area (Å²) in [4.78, 5) is 156. The van der Waals surface area contributed by atoms with E-state index in [1.54, 1.807) is 6.92 Å². The van der Waals surface area contributed by atoms with E-state index in [9.17, 15) is 74.3 Å². The SMILES string of the molecule is CNC(CC(C)C)C(=O)NC1C(=O)NC(CC(N)=O)C(=O)NC2C(=O)NC3C(=O)NC(C(=O)NC(C(=O)NOCCOC)c4cc(O)cc(O)c4-c4cc3ccc4O)C(O)c3ccc(c(Cl)c3)Oc3cc2cc(c3OC2OC(CO)C(O)C(O)C2OC2CC(C)(NCCn3ccc(NC(=O)/C=C/c4ccc(F)c(Cl)c4)nc3=O)C(O)C(C)O2)Oc2ccc(cc2Cl)C1O. The Labute approximate surface area is 742 Å². The highest BCUT2D eigenvalue weighted by Crippen LogP contribution is 2.50. The summed E-state index contributed by atoms with van der Waals surface area (Å²) in [5.74, 6) is -17.2. The number of primary amides is 1. The molecule has 18 atom stereocenters. The normalized spacial score (nSPS) is 25.7. The maximum absolute atomic E-state index is 16.4. The predicted molar refractivity (Wildman–Crippen MR) is 449 cm³/mol. The van der Waals surface area contributed by atoms with Crippen molar-refractivity contribution in [1.29, 1.82) is 0 Å². The highest BCUT2D eigenvalue weighted by molar-refractivity contribution is 6.32. The van der Waals surface area contributed by atoms with E-state index in [-0.39, 0.29) is 78.3 Å². The molecule has 0 saturated carbocycles. The average molecular weight is 1840 g/mol. The number of hydrogen-bond donors (Lipinski definition) is 20. The van der Waals surface area contributed by atoms with Crippen LogP contribution in [-0.4, -0.2) is 228 Å². The van der Waals surface area contributed by atoms with Crippen molar-refractivity contribution in [3.05, 3.63) is 180 Å². The van der Waals surface area contributed by atoms with E-state index in [0.29, 0.717) is 5.56 Å². The van der Waals surface area contributed by atoms with Gasteiger partial charge in [0.15, 0.2) is 23.9 Å². The molecule has 18 unspecified atom stereocenters. The fourth-order valence-corrected chi connectivity index (χ4v) is 15.7. The van der Waals surface area contributed by atoms with Crippen LogP contribution in [0.25, 0.3) is 17.2 Å². The van der Waals surface area contributed by atoms with Gasteiger partial charge in [0, 0.05) is 61.6 Å². The number of anilines is 1. The van der Waals surface area contributed by atoms with Crippen molar-refractivity contribution in [1.82, 2.24) is 57.6 Å². The molecular formula is C84H93Cl3FN13O27. The Kier molecular flexibility index (Phi) is 30.6. The lowest BCUT2D eigenvalue weighted by atomic mass is 9.85. The summed E-state index contributed by atoms with van der Waals surface area (Å²) < 4.78 is 59.4. The van der Waals surface area contributed by atoms with Crippen molar-refractivity contribution in [2.45, 2.75) is 163 Å². The fraction of sp³-hybridized carbons (Fsp3) is 0.393. The highest BCUT2D eigenvalue weighted by atomic mass is 35.5. The first-order valence-corrected chi connectivity index (χ1v) is 41.1. The van der Waals surface area contributed by atoms with E-state index in [1.807, 2.05) is 13.8 Å². The van der Waals surface area contributed by atoms with Gasteiger partial charge in [-0.15, -0.1) is 0 Å². The van der Waals surface area contributed by atoms with Gasteiger partial charge < -0.3 is 133 Å². The smallest absolute Gasteiger partial charge is 0.349 e. The lowest BCUT2D eigenvalue weighted by Gasteiger charge is -2.48. The zero-order valence-electron chi connectivity index (χ0n) is 69.0. The van der Waals surface area contributed by atoms with Crippen molar-refractivity contribution in [2.75, 3.05) is 45.8 Å². The number of methoxy groups -OCH3 is 1. The average Bonchev–Trinajstić information content (AvgIpc) is 0.764. The van der Waals surface area contributed by atoms with Gasteiger partial charge in [-0.1, -0.05) is 72.9 Å². The highest BCUT2D eigenvalue weighted by Gasteiger charge is 2.52. The molecule has 2 saturated heterocycles. The van der Waals surface area contributed by atoms with Crippen LogP contribution in [0, 0.1) is 11.7 Å². The molecule has 0 radical (unpaired) electrons. The molecule has 14 rings (SSSR count). The number of fused-ring (bicyclic) bond motifs is 15. The van der Waals surface area contributed by atoms with Crippen molar-refractivity contribution < 1.29 is 131 Å². The Morgan fingerprint density at radius 2 is 1.40 bits per heavy atom. The zero-order valence-corrected chi connectivity index (χ0v) is 71.2. The van der Waals surface area contributed by atoms with Crippen LogP contribution >= 0.6 is 34.8 Å². The van der Waals surface area contributed by atoms with Gasteiger partial charge in [0.25, 0.3) is 5.91 Å². The number of nitrogens with zero attached hydrogens (tertiary/aromatic N) is 2. The number of ether oxygens (including phenoxy) is 7. The number of hydrogen-bond acceptors (Lipinski definition) is 30. The predicted octanol–water partition coefficient (Wildman–Crippen LogP) is 2.05. The Bertz CT molecular complexity index is 5490. The number of amides is 9. The number of aromatic nitrogens is 2. The van der Waals surface area contributed by atoms with E-state index in [4.69, 9.17) is 78.5 Å². The lowest BCUT2D eigenvalue weighted by molar-refractivity contribution is -0.334. The van der Waals surface area contributed by atoms with Crippen LogP contribution in [0.3, 0.4) is 0 Å². The van der Waals surface area contributed by atoms with E-state index in [1.165, 1.54) is 68.3 Å². The minimum atomic E-state index is -2.41. The molecule has 8 heterocycles. The van der Waals surface area contributed by atoms with Crippen molar-refractivity contribution in [3.8, 4) is 57.1 Å². The Morgan fingerprint density at radius 3 is 2.04 bits per heavy atom.